The van der Waals surface area contributed by atoms with Gasteiger partial charge in [-0.25, -0.2) is 9.98 Å². The van der Waals surface area contributed by atoms with Crippen molar-refractivity contribution >= 4 is 34.0 Å². The van der Waals surface area contributed by atoms with E-state index in [0.717, 1.165) is 48.4 Å². The zero-order valence-electron chi connectivity index (χ0n) is 17.4. The number of rotatable bonds is 8. The maximum Gasteiger partial charge on any atom is 0.227 e. The predicted octanol–water partition coefficient (Wildman–Crippen LogP) is 2.63. The smallest absolute Gasteiger partial charge is 0.227 e. The molecule has 0 radical (unpaired) electrons. The molecule has 156 valence electrons. The summed E-state index contributed by atoms with van der Waals surface area (Å²) in [5, 5.41) is 9.58. The third kappa shape index (κ3) is 5.69. The molecule has 0 unspecified atom stereocenters. The number of amides is 1. The lowest BCUT2D eigenvalue weighted by atomic mass is 10.2. The topological polar surface area (TPSA) is 72.9 Å². The number of hydrogen-bond donors (Lipinski definition) is 2. The van der Waals surface area contributed by atoms with Gasteiger partial charge >= 0.3 is 0 Å². The van der Waals surface area contributed by atoms with Crippen molar-refractivity contribution in [2.24, 2.45) is 4.99 Å². The summed E-state index contributed by atoms with van der Waals surface area (Å²) in [5.41, 5.74) is 3.29. The van der Waals surface area contributed by atoms with Crippen LogP contribution in [0, 0.1) is 0 Å². The Labute approximate surface area is 176 Å². The summed E-state index contributed by atoms with van der Waals surface area (Å²) in [4.78, 5) is 25.7. The Morgan fingerprint density at radius 2 is 2.14 bits per heavy atom. The molecule has 7 nitrogen and oxygen atoms in total. The van der Waals surface area contributed by atoms with Crippen LogP contribution in [0.5, 0.6) is 0 Å². The molecular formula is C21H30N6OS. The summed E-state index contributed by atoms with van der Waals surface area (Å²) in [6, 6.07) is 8.17. The van der Waals surface area contributed by atoms with Crippen molar-refractivity contribution in [2.75, 3.05) is 43.5 Å². The molecule has 29 heavy (non-hydrogen) atoms. The number of carbonyl (C=O) groups is 1. The number of nitrogens with zero attached hydrogens (tertiary/aromatic N) is 4. The molecule has 0 saturated heterocycles. The van der Waals surface area contributed by atoms with Crippen LogP contribution >= 0.6 is 11.3 Å². The third-order valence-corrected chi connectivity index (χ3v) is 5.77. The first-order valence-electron chi connectivity index (χ1n) is 10.1. The van der Waals surface area contributed by atoms with Crippen LogP contribution in [0.15, 0.2) is 34.6 Å². The molecule has 1 aromatic carbocycles. The van der Waals surface area contributed by atoms with Crippen LogP contribution in [0.25, 0.3) is 0 Å². The molecule has 1 amide bonds. The lowest BCUT2D eigenvalue weighted by Gasteiger charge is -2.17. The van der Waals surface area contributed by atoms with Crippen LogP contribution in [-0.2, 0) is 17.8 Å². The summed E-state index contributed by atoms with van der Waals surface area (Å²) in [7, 11) is 3.97. The average Bonchev–Trinajstić information content (AvgIpc) is 3.36. The Balaban J connectivity index is 1.45. The number of aliphatic imine (C=N–C) groups is 1. The number of thiazole rings is 1. The van der Waals surface area contributed by atoms with Gasteiger partial charge in [0.25, 0.3) is 0 Å². The van der Waals surface area contributed by atoms with E-state index in [-0.39, 0.29) is 5.91 Å². The van der Waals surface area contributed by atoms with E-state index in [9.17, 15) is 4.79 Å². The molecule has 8 heteroatoms. The zero-order valence-corrected chi connectivity index (χ0v) is 18.3. The summed E-state index contributed by atoms with van der Waals surface area (Å²) in [5.74, 6) is 0.947. The first-order chi connectivity index (χ1) is 14.1. The highest BCUT2D eigenvalue weighted by atomic mass is 32.1. The molecule has 0 saturated carbocycles. The molecule has 1 aromatic heterocycles. The van der Waals surface area contributed by atoms with Crippen molar-refractivity contribution in [3.8, 4) is 0 Å². The van der Waals surface area contributed by atoms with Crippen LogP contribution in [0.1, 0.15) is 31.0 Å². The van der Waals surface area contributed by atoms with Gasteiger partial charge < -0.3 is 20.4 Å². The summed E-state index contributed by atoms with van der Waals surface area (Å²) in [6.45, 7) is 4.85. The number of fused-ring (bicyclic) bond motifs is 1. The predicted molar refractivity (Wildman–Crippen MR) is 121 cm³/mol. The molecule has 0 atom stereocenters. The van der Waals surface area contributed by atoms with Crippen molar-refractivity contribution in [3.05, 3.63) is 40.9 Å². The highest BCUT2D eigenvalue weighted by Crippen LogP contribution is 2.28. The minimum Gasteiger partial charge on any atom is -0.357 e. The van der Waals surface area contributed by atoms with Crippen LogP contribution in [0.3, 0.4) is 0 Å². The van der Waals surface area contributed by atoms with Gasteiger partial charge in [0.1, 0.15) is 0 Å². The number of aromatic nitrogens is 1. The number of hydrogen-bond acceptors (Lipinski definition) is 5. The Morgan fingerprint density at radius 3 is 2.90 bits per heavy atom. The Hall–Kier alpha value is -2.61. The summed E-state index contributed by atoms with van der Waals surface area (Å²) >= 11 is 1.62. The molecule has 0 bridgehead atoms. The normalized spacial score (nSPS) is 13.3. The second-order valence-corrected chi connectivity index (χ2v) is 8.00. The maximum absolute atomic E-state index is 12.6. The van der Waals surface area contributed by atoms with Gasteiger partial charge in [-0.15, -0.1) is 11.3 Å². The molecule has 2 aromatic rings. The van der Waals surface area contributed by atoms with Crippen molar-refractivity contribution in [2.45, 2.75) is 32.7 Å². The number of para-hydroxylation sites is 1. The SMILES string of the molecule is CCNC(=NCc1csc(N(C)C)n1)NCCCC(=O)N1CCc2ccccc21. The van der Waals surface area contributed by atoms with Gasteiger partial charge in [0, 0.05) is 51.2 Å². The van der Waals surface area contributed by atoms with E-state index in [4.69, 9.17) is 0 Å². The number of benzene rings is 1. The van der Waals surface area contributed by atoms with Gasteiger partial charge in [0.2, 0.25) is 5.91 Å². The maximum atomic E-state index is 12.6. The van der Waals surface area contributed by atoms with Crippen molar-refractivity contribution in [1.82, 2.24) is 15.6 Å². The fourth-order valence-electron chi connectivity index (χ4n) is 3.25. The van der Waals surface area contributed by atoms with E-state index in [1.54, 1.807) is 11.3 Å². The Kier molecular flexibility index (Phi) is 7.46. The molecule has 0 aliphatic carbocycles. The second kappa shape index (κ2) is 10.2. The van der Waals surface area contributed by atoms with E-state index in [0.29, 0.717) is 19.5 Å². The van der Waals surface area contributed by atoms with Gasteiger partial charge in [0.05, 0.1) is 12.2 Å². The zero-order chi connectivity index (χ0) is 20.6. The van der Waals surface area contributed by atoms with E-state index in [1.807, 2.05) is 54.4 Å². The van der Waals surface area contributed by atoms with Gasteiger partial charge in [-0.1, -0.05) is 18.2 Å². The largest absolute Gasteiger partial charge is 0.357 e. The Morgan fingerprint density at radius 1 is 1.31 bits per heavy atom. The van der Waals surface area contributed by atoms with Crippen LogP contribution in [0.4, 0.5) is 10.8 Å². The van der Waals surface area contributed by atoms with Gasteiger partial charge in [-0.3, -0.25) is 4.79 Å². The number of nitrogens with one attached hydrogen (secondary N) is 2. The minimum absolute atomic E-state index is 0.192. The molecule has 2 N–H and O–H groups in total. The highest BCUT2D eigenvalue weighted by Gasteiger charge is 2.23. The van der Waals surface area contributed by atoms with Crippen molar-refractivity contribution < 1.29 is 4.79 Å². The molecule has 0 spiro atoms. The van der Waals surface area contributed by atoms with Gasteiger partial charge in [-0.05, 0) is 31.4 Å². The van der Waals surface area contributed by atoms with Gasteiger partial charge in [0.15, 0.2) is 11.1 Å². The average molecular weight is 415 g/mol. The summed E-state index contributed by atoms with van der Waals surface area (Å²) in [6.07, 6.45) is 2.24. The molecule has 0 fully saturated rings. The van der Waals surface area contributed by atoms with Gasteiger partial charge in [-0.2, -0.15) is 0 Å². The molecule has 1 aliphatic heterocycles. The monoisotopic (exact) mass is 414 g/mol. The van der Waals surface area contributed by atoms with E-state index < -0.39 is 0 Å². The quantitative estimate of drug-likeness (QED) is 0.395. The first-order valence-corrected chi connectivity index (χ1v) is 11.0. The van der Waals surface area contributed by atoms with Crippen LogP contribution in [0.2, 0.25) is 0 Å². The van der Waals surface area contributed by atoms with E-state index >= 15 is 0 Å². The number of anilines is 2. The summed E-state index contributed by atoms with van der Waals surface area (Å²) < 4.78 is 0. The first kappa shape index (κ1) is 21.1. The van der Waals surface area contributed by atoms with Crippen molar-refractivity contribution in [1.29, 1.82) is 0 Å². The Bertz CT molecular complexity index is 847. The standard InChI is InChI=1S/C21H30N6OS/c1-4-22-20(24-14-17-15-29-21(25-17)26(2)3)23-12-7-10-19(28)27-13-11-16-8-5-6-9-18(16)27/h5-6,8-9,15H,4,7,10-14H2,1-3H3,(H2,22,23,24). The van der Waals surface area contributed by atoms with Crippen LogP contribution in [-0.4, -0.2) is 50.6 Å². The molecule has 2 heterocycles. The fraction of sp³-hybridized carbons (Fsp3) is 0.476. The third-order valence-electron chi connectivity index (χ3n) is 4.71. The molecule has 3 rings (SSSR count). The second-order valence-electron chi connectivity index (χ2n) is 7.17. The number of carbonyl (C=O) groups excluding carboxylic acids is 1. The van der Waals surface area contributed by atoms with Crippen LogP contribution < -0.4 is 20.4 Å². The molecule has 1 aliphatic rings. The van der Waals surface area contributed by atoms with E-state index in [1.165, 1.54) is 5.56 Å². The molecular weight excluding hydrogens is 384 g/mol. The van der Waals surface area contributed by atoms with E-state index in [2.05, 4.69) is 26.7 Å². The lowest BCUT2D eigenvalue weighted by molar-refractivity contribution is -0.118. The minimum atomic E-state index is 0.192. The highest BCUT2D eigenvalue weighted by molar-refractivity contribution is 7.13. The van der Waals surface area contributed by atoms with Crippen molar-refractivity contribution in [3.63, 3.8) is 0 Å². The lowest BCUT2D eigenvalue weighted by Crippen LogP contribution is -2.38. The fourth-order valence-corrected chi connectivity index (χ4v) is 4.00. The number of guanidine groups is 1.